The summed E-state index contributed by atoms with van der Waals surface area (Å²) in [5.74, 6) is 1.00. The third-order valence-electron chi connectivity index (χ3n) is 2.84. The van der Waals surface area contributed by atoms with E-state index in [9.17, 15) is 0 Å². The van der Waals surface area contributed by atoms with E-state index in [1.54, 1.807) is 6.20 Å². The molecular formula is C13H15Cl2N3. The number of anilines is 1. The summed E-state index contributed by atoms with van der Waals surface area (Å²) in [5, 5.41) is 4.70. The molecule has 2 rings (SSSR count). The summed E-state index contributed by atoms with van der Waals surface area (Å²) in [6.07, 6.45) is 3.76. The van der Waals surface area contributed by atoms with Crippen LogP contribution in [0.4, 0.5) is 5.69 Å². The van der Waals surface area contributed by atoms with Gasteiger partial charge in [-0.25, -0.2) is 4.98 Å². The largest absolute Gasteiger partial charge is 0.382 e. The summed E-state index contributed by atoms with van der Waals surface area (Å²) in [6.45, 7) is 5.53. The fourth-order valence-electron chi connectivity index (χ4n) is 1.73. The maximum Gasteiger partial charge on any atom is 0.105 e. The molecule has 0 bridgehead atoms. The van der Waals surface area contributed by atoms with Crippen molar-refractivity contribution in [2.45, 2.75) is 20.4 Å². The average molecular weight is 284 g/mol. The molecule has 0 spiro atoms. The van der Waals surface area contributed by atoms with Crippen molar-refractivity contribution in [2.75, 3.05) is 11.9 Å². The predicted octanol–water partition coefficient (Wildman–Crippen LogP) is 3.92. The molecule has 18 heavy (non-hydrogen) atoms. The molecule has 1 heterocycles. The van der Waals surface area contributed by atoms with Gasteiger partial charge in [-0.3, -0.25) is 0 Å². The van der Waals surface area contributed by atoms with Gasteiger partial charge in [-0.2, -0.15) is 0 Å². The molecule has 0 unspecified atom stereocenters. The lowest BCUT2D eigenvalue weighted by molar-refractivity contribution is 0.701. The van der Waals surface area contributed by atoms with Crippen LogP contribution in [0.1, 0.15) is 11.4 Å². The lowest BCUT2D eigenvalue weighted by atomic mass is 10.2. The Balaban J connectivity index is 1.99. The first-order valence-corrected chi connectivity index (χ1v) is 6.51. The molecule has 3 nitrogen and oxygen atoms in total. The number of hydrogen-bond donors (Lipinski definition) is 1. The Morgan fingerprint density at radius 1 is 1.22 bits per heavy atom. The fraction of sp³-hybridized carbons (Fsp3) is 0.308. The summed E-state index contributed by atoms with van der Waals surface area (Å²) in [7, 11) is 0. The van der Waals surface area contributed by atoms with Crippen LogP contribution in [0, 0.1) is 13.8 Å². The minimum atomic E-state index is 0.694. The number of halogens is 2. The van der Waals surface area contributed by atoms with Crippen LogP contribution in [0.5, 0.6) is 0 Å². The molecule has 0 amide bonds. The maximum atomic E-state index is 6.15. The van der Waals surface area contributed by atoms with Crippen LogP contribution in [0.25, 0.3) is 0 Å². The Bertz CT molecular complexity index is 549. The van der Waals surface area contributed by atoms with Gasteiger partial charge < -0.3 is 9.88 Å². The highest BCUT2D eigenvalue weighted by Gasteiger charge is 2.04. The van der Waals surface area contributed by atoms with E-state index in [2.05, 4.69) is 14.9 Å². The molecule has 1 N–H and O–H groups in total. The molecule has 5 heteroatoms. The third-order valence-corrected chi connectivity index (χ3v) is 3.56. The number of hydrogen-bond acceptors (Lipinski definition) is 2. The molecule has 0 radical (unpaired) electrons. The molecule has 2 aromatic rings. The van der Waals surface area contributed by atoms with Crippen molar-refractivity contribution in [2.24, 2.45) is 0 Å². The van der Waals surface area contributed by atoms with Gasteiger partial charge in [-0.05, 0) is 31.5 Å². The standard InChI is InChI=1S/C13H15Cl2N3/c1-9-7-12(15)13(8-11(9)14)17-4-6-18-5-3-16-10(18)2/h3,5,7-8,17H,4,6H2,1-2H3. The van der Waals surface area contributed by atoms with E-state index >= 15 is 0 Å². The number of imidazole rings is 1. The van der Waals surface area contributed by atoms with E-state index in [-0.39, 0.29) is 0 Å². The average Bonchev–Trinajstić information content (AvgIpc) is 2.72. The van der Waals surface area contributed by atoms with Gasteiger partial charge >= 0.3 is 0 Å². The van der Waals surface area contributed by atoms with Crippen molar-refractivity contribution in [3.8, 4) is 0 Å². The highest BCUT2D eigenvalue weighted by Crippen LogP contribution is 2.28. The molecule has 0 saturated carbocycles. The Morgan fingerprint density at radius 2 is 2.00 bits per heavy atom. The van der Waals surface area contributed by atoms with Crippen molar-refractivity contribution >= 4 is 28.9 Å². The first kappa shape index (κ1) is 13.2. The second-order valence-corrected chi connectivity index (χ2v) is 4.99. The minimum absolute atomic E-state index is 0.694. The van der Waals surface area contributed by atoms with E-state index in [4.69, 9.17) is 23.2 Å². The van der Waals surface area contributed by atoms with Gasteiger partial charge in [0.1, 0.15) is 5.82 Å². The number of aryl methyl sites for hydroxylation is 2. The molecule has 96 valence electrons. The lowest BCUT2D eigenvalue weighted by Gasteiger charge is -2.11. The van der Waals surface area contributed by atoms with Crippen LogP contribution in [-0.4, -0.2) is 16.1 Å². The van der Waals surface area contributed by atoms with Crippen molar-refractivity contribution in [3.05, 3.63) is 46.0 Å². The summed E-state index contributed by atoms with van der Waals surface area (Å²) in [4.78, 5) is 4.17. The van der Waals surface area contributed by atoms with Crippen LogP contribution < -0.4 is 5.32 Å². The summed E-state index contributed by atoms with van der Waals surface area (Å²) in [5.41, 5.74) is 1.85. The first-order chi connectivity index (χ1) is 8.58. The predicted molar refractivity (Wildman–Crippen MR) is 76.7 cm³/mol. The Labute approximate surface area is 117 Å². The van der Waals surface area contributed by atoms with Crippen molar-refractivity contribution < 1.29 is 0 Å². The van der Waals surface area contributed by atoms with Gasteiger partial charge in [0, 0.05) is 30.5 Å². The third kappa shape index (κ3) is 2.98. The molecule has 0 aliphatic rings. The molecule has 0 aliphatic carbocycles. The second-order valence-electron chi connectivity index (χ2n) is 4.18. The zero-order valence-corrected chi connectivity index (χ0v) is 11.9. The van der Waals surface area contributed by atoms with E-state index in [0.717, 1.165) is 35.2 Å². The van der Waals surface area contributed by atoms with E-state index in [1.807, 2.05) is 32.2 Å². The highest BCUT2D eigenvalue weighted by molar-refractivity contribution is 6.35. The SMILES string of the molecule is Cc1cc(Cl)c(NCCn2ccnc2C)cc1Cl. The van der Waals surface area contributed by atoms with Gasteiger partial charge in [-0.1, -0.05) is 23.2 Å². The minimum Gasteiger partial charge on any atom is -0.382 e. The molecule has 0 saturated heterocycles. The van der Waals surface area contributed by atoms with Crippen LogP contribution in [0.15, 0.2) is 24.5 Å². The highest BCUT2D eigenvalue weighted by atomic mass is 35.5. The van der Waals surface area contributed by atoms with Gasteiger partial charge in [0.2, 0.25) is 0 Å². The van der Waals surface area contributed by atoms with Crippen LogP contribution in [0.2, 0.25) is 10.0 Å². The van der Waals surface area contributed by atoms with E-state index in [1.165, 1.54) is 0 Å². The monoisotopic (exact) mass is 283 g/mol. The van der Waals surface area contributed by atoms with Gasteiger partial charge in [0.25, 0.3) is 0 Å². The fourth-order valence-corrected chi connectivity index (χ4v) is 2.18. The van der Waals surface area contributed by atoms with Crippen LogP contribution in [0.3, 0.4) is 0 Å². The first-order valence-electron chi connectivity index (χ1n) is 5.75. The number of benzene rings is 1. The normalized spacial score (nSPS) is 10.7. The maximum absolute atomic E-state index is 6.15. The van der Waals surface area contributed by atoms with Crippen molar-refractivity contribution in [1.29, 1.82) is 0 Å². The number of nitrogens with one attached hydrogen (secondary N) is 1. The summed E-state index contributed by atoms with van der Waals surface area (Å²) >= 11 is 12.2. The Kier molecular flexibility index (Phi) is 4.15. The quantitative estimate of drug-likeness (QED) is 0.922. The topological polar surface area (TPSA) is 29.9 Å². The summed E-state index contributed by atoms with van der Waals surface area (Å²) in [6, 6.07) is 3.73. The van der Waals surface area contributed by atoms with E-state index in [0.29, 0.717) is 5.02 Å². The zero-order valence-electron chi connectivity index (χ0n) is 10.4. The number of nitrogens with zero attached hydrogens (tertiary/aromatic N) is 2. The zero-order chi connectivity index (χ0) is 13.1. The number of rotatable bonds is 4. The Hall–Kier alpha value is -1.19. The van der Waals surface area contributed by atoms with E-state index < -0.39 is 0 Å². The number of aromatic nitrogens is 2. The lowest BCUT2D eigenvalue weighted by Crippen LogP contribution is -2.11. The molecule has 1 aromatic heterocycles. The second kappa shape index (κ2) is 5.63. The molecule has 0 fully saturated rings. The summed E-state index contributed by atoms with van der Waals surface area (Å²) < 4.78 is 2.08. The van der Waals surface area contributed by atoms with Gasteiger partial charge in [0.15, 0.2) is 0 Å². The van der Waals surface area contributed by atoms with Gasteiger partial charge in [0.05, 0.1) is 10.7 Å². The molecular weight excluding hydrogens is 269 g/mol. The van der Waals surface area contributed by atoms with Crippen LogP contribution >= 0.6 is 23.2 Å². The van der Waals surface area contributed by atoms with Gasteiger partial charge in [-0.15, -0.1) is 0 Å². The smallest absolute Gasteiger partial charge is 0.105 e. The Morgan fingerprint density at radius 3 is 2.67 bits per heavy atom. The molecule has 0 aliphatic heterocycles. The van der Waals surface area contributed by atoms with Crippen molar-refractivity contribution in [1.82, 2.24) is 9.55 Å². The molecule has 0 atom stereocenters. The van der Waals surface area contributed by atoms with Crippen molar-refractivity contribution in [3.63, 3.8) is 0 Å². The van der Waals surface area contributed by atoms with Crippen LogP contribution in [-0.2, 0) is 6.54 Å². The molecule has 1 aromatic carbocycles.